The molecule has 2 amide bonds. The standard InChI is InChI=1S/C17H18FN3O4/c1-10-3-8-14(21(24)25)11(2)16(10)20-17(23)19-9-15(22)12-4-6-13(18)7-5-12/h3-8,15,22H,9H2,1-2H3,(H2,19,20,23). The van der Waals surface area contributed by atoms with Crippen molar-refractivity contribution in [2.24, 2.45) is 0 Å². The van der Waals surface area contributed by atoms with Gasteiger partial charge in [-0.15, -0.1) is 0 Å². The monoisotopic (exact) mass is 347 g/mol. The summed E-state index contributed by atoms with van der Waals surface area (Å²) in [6, 6.07) is 7.61. The Morgan fingerprint density at radius 2 is 1.88 bits per heavy atom. The summed E-state index contributed by atoms with van der Waals surface area (Å²) in [4.78, 5) is 22.5. The molecule has 8 heteroatoms. The highest BCUT2D eigenvalue weighted by atomic mass is 19.1. The van der Waals surface area contributed by atoms with Crippen LogP contribution in [0.15, 0.2) is 36.4 Å². The van der Waals surface area contributed by atoms with Gasteiger partial charge in [0.15, 0.2) is 0 Å². The highest BCUT2D eigenvalue weighted by Crippen LogP contribution is 2.28. The van der Waals surface area contributed by atoms with Crippen molar-refractivity contribution in [3.05, 3.63) is 69.0 Å². The van der Waals surface area contributed by atoms with Crippen molar-refractivity contribution >= 4 is 17.4 Å². The first-order valence-electron chi connectivity index (χ1n) is 7.52. The molecule has 0 spiro atoms. The molecule has 0 fully saturated rings. The van der Waals surface area contributed by atoms with E-state index >= 15 is 0 Å². The van der Waals surface area contributed by atoms with Crippen molar-refractivity contribution in [3.8, 4) is 0 Å². The number of aliphatic hydroxyl groups excluding tert-OH is 1. The van der Waals surface area contributed by atoms with Crippen LogP contribution in [0.2, 0.25) is 0 Å². The lowest BCUT2D eigenvalue weighted by Gasteiger charge is -2.15. The number of urea groups is 1. The molecule has 0 aromatic heterocycles. The second-order valence-corrected chi connectivity index (χ2v) is 5.56. The van der Waals surface area contributed by atoms with Crippen LogP contribution in [0, 0.1) is 29.8 Å². The summed E-state index contributed by atoms with van der Waals surface area (Å²) in [5, 5.41) is 26.0. The van der Waals surface area contributed by atoms with Gasteiger partial charge in [0.25, 0.3) is 5.69 Å². The van der Waals surface area contributed by atoms with Gasteiger partial charge in [-0.2, -0.15) is 0 Å². The number of nitro groups is 1. The maximum atomic E-state index is 12.9. The molecule has 1 atom stereocenters. The van der Waals surface area contributed by atoms with Crippen LogP contribution in [0.5, 0.6) is 0 Å². The fourth-order valence-corrected chi connectivity index (χ4v) is 2.38. The van der Waals surface area contributed by atoms with Gasteiger partial charge in [-0.05, 0) is 37.1 Å². The van der Waals surface area contributed by atoms with Gasteiger partial charge < -0.3 is 15.7 Å². The molecule has 2 aromatic rings. The van der Waals surface area contributed by atoms with Crippen molar-refractivity contribution in [3.63, 3.8) is 0 Å². The molecule has 0 aliphatic heterocycles. The van der Waals surface area contributed by atoms with Crippen molar-refractivity contribution in [2.45, 2.75) is 20.0 Å². The Kier molecular flexibility index (Phi) is 5.66. The highest BCUT2D eigenvalue weighted by molar-refractivity contribution is 5.91. The van der Waals surface area contributed by atoms with Crippen molar-refractivity contribution in [2.75, 3.05) is 11.9 Å². The minimum absolute atomic E-state index is 0.0905. The third kappa shape index (κ3) is 4.51. The van der Waals surface area contributed by atoms with Gasteiger partial charge in [-0.25, -0.2) is 9.18 Å². The zero-order valence-electron chi connectivity index (χ0n) is 13.7. The molecule has 0 bridgehead atoms. The molecule has 132 valence electrons. The fraction of sp³-hybridized carbons (Fsp3) is 0.235. The number of hydrogen-bond donors (Lipinski definition) is 3. The maximum absolute atomic E-state index is 12.9. The number of carbonyl (C=O) groups excluding carboxylic acids is 1. The molecular formula is C17H18FN3O4. The lowest BCUT2D eigenvalue weighted by atomic mass is 10.1. The zero-order chi connectivity index (χ0) is 18.6. The van der Waals surface area contributed by atoms with Crippen LogP contribution in [0.1, 0.15) is 22.8 Å². The Labute approximate surface area is 143 Å². The van der Waals surface area contributed by atoms with Crippen LogP contribution in [0.25, 0.3) is 0 Å². The van der Waals surface area contributed by atoms with E-state index in [0.29, 0.717) is 22.4 Å². The predicted molar refractivity (Wildman–Crippen MR) is 91.0 cm³/mol. The van der Waals surface area contributed by atoms with E-state index in [-0.39, 0.29) is 12.2 Å². The normalized spacial score (nSPS) is 11.7. The molecule has 1 unspecified atom stereocenters. The Hall–Kier alpha value is -3.00. The minimum Gasteiger partial charge on any atom is -0.387 e. The van der Waals surface area contributed by atoms with E-state index < -0.39 is 22.9 Å². The summed E-state index contributed by atoms with van der Waals surface area (Å²) in [5.74, 6) is -0.418. The van der Waals surface area contributed by atoms with Crippen LogP contribution < -0.4 is 10.6 Å². The van der Waals surface area contributed by atoms with Crippen LogP contribution >= 0.6 is 0 Å². The number of nitro benzene ring substituents is 1. The van der Waals surface area contributed by atoms with Gasteiger partial charge in [0, 0.05) is 12.6 Å². The first-order chi connectivity index (χ1) is 11.8. The summed E-state index contributed by atoms with van der Waals surface area (Å²) in [6.45, 7) is 3.18. The Morgan fingerprint density at radius 3 is 2.48 bits per heavy atom. The molecule has 2 aromatic carbocycles. The number of aryl methyl sites for hydroxylation is 1. The summed E-state index contributed by atoms with van der Waals surface area (Å²) >= 11 is 0. The molecule has 0 aliphatic carbocycles. The molecule has 0 saturated carbocycles. The third-order valence-corrected chi connectivity index (χ3v) is 3.79. The number of aliphatic hydroxyl groups is 1. The van der Waals surface area contributed by atoms with E-state index in [4.69, 9.17) is 0 Å². The van der Waals surface area contributed by atoms with E-state index in [1.54, 1.807) is 19.9 Å². The first kappa shape index (κ1) is 18.3. The minimum atomic E-state index is -1.00. The van der Waals surface area contributed by atoms with Crippen LogP contribution in [0.4, 0.5) is 20.6 Å². The van der Waals surface area contributed by atoms with Crippen molar-refractivity contribution in [1.29, 1.82) is 0 Å². The molecule has 0 heterocycles. The van der Waals surface area contributed by atoms with Crippen molar-refractivity contribution < 1.29 is 19.2 Å². The van der Waals surface area contributed by atoms with Crippen LogP contribution in [-0.2, 0) is 0 Å². The zero-order valence-corrected chi connectivity index (χ0v) is 13.7. The maximum Gasteiger partial charge on any atom is 0.319 e. The third-order valence-electron chi connectivity index (χ3n) is 3.79. The number of halogens is 1. The average Bonchev–Trinajstić information content (AvgIpc) is 2.56. The summed E-state index contributed by atoms with van der Waals surface area (Å²) in [6.07, 6.45) is -1.00. The van der Waals surface area contributed by atoms with E-state index in [9.17, 15) is 24.4 Å². The van der Waals surface area contributed by atoms with E-state index in [1.165, 1.54) is 30.3 Å². The van der Waals surface area contributed by atoms with Crippen molar-refractivity contribution in [1.82, 2.24) is 5.32 Å². The lowest BCUT2D eigenvalue weighted by molar-refractivity contribution is -0.385. The topological polar surface area (TPSA) is 105 Å². The fourth-order valence-electron chi connectivity index (χ4n) is 2.38. The largest absolute Gasteiger partial charge is 0.387 e. The Bertz CT molecular complexity index is 793. The number of rotatable bonds is 5. The quantitative estimate of drug-likeness (QED) is 0.570. The number of benzene rings is 2. The Morgan fingerprint density at radius 1 is 1.24 bits per heavy atom. The van der Waals surface area contributed by atoms with E-state index in [1.807, 2.05) is 0 Å². The number of hydrogen-bond acceptors (Lipinski definition) is 4. The molecule has 7 nitrogen and oxygen atoms in total. The number of amides is 2. The predicted octanol–water partition coefficient (Wildman–Crippen LogP) is 3.21. The number of carbonyl (C=O) groups is 1. The molecule has 2 rings (SSSR count). The van der Waals surface area contributed by atoms with E-state index in [2.05, 4.69) is 10.6 Å². The molecule has 3 N–H and O–H groups in total. The SMILES string of the molecule is Cc1ccc([N+](=O)[O-])c(C)c1NC(=O)NCC(O)c1ccc(F)cc1. The molecular weight excluding hydrogens is 329 g/mol. The molecule has 0 aliphatic rings. The Balaban J connectivity index is 2.02. The smallest absolute Gasteiger partial charge is 0.319 e. The van der Waals surface area contributed by atoms with E-state index in [0.717, 1.165) is 0 Å². The second kappa shape index (κ2) is 7.71. The second-order valence-electron chi connectivity index (χ2n) is 5.56. The molecule has 0 radical (unpaired) electrons. The van der Waals surface area contributed by atoms with Gasteiger partial charge in [0.1, 0.15) is 5.82 Å². The molecule has 0 saturated heterocycles. The van der Waals surface area contributed by atoms with Gasteiger partial charge in [-0.3, -0.25) is 10.1 Å². The van der Waals surface area contributed by atoms with Gasteiger partial charge in [-0.1, -0.05) is 18.2 Å². The summed E-state index contributed by atoms with van der Waals surface area (Å²) in [5.41, 5.74) is 1.75. The highest BCUT2D eigenvalue weighted by Gasteiger charge is 2.17. The van der Waals surface area contributed by atoms with Gasteiger partial charge in [0.05, 0.1) is 22.3 Å². The first-order valence-corrected chi connectivity index (χ1v) is 7.52. The van der Waals surface area contributed by atoms with Crippen LogP contribution in [-0.4, -0.2) is 22.6 Å². The lowest BCUT2D eigenvalue weighted by Crippen LogP contribution is -2.32. The van der Waals surface area contributed by atoms with Crippen LogP contribution in [0.3, 0.4) is 0 Å². The summed E-state index contributed by atoms with van der Waals surface area (Å²) in [7, 11) is 0. The number of nitrogens with one attached hydrogen (secondary N) is 2. The summed E-state index contributed by atoms with van der Waals surface area (Å²) < 4.78 is 12.9. The van der Waals surface area contributed by atoms with Gasteiger partial charge >= 0.3 is 6.03 Å². The van der Waals surface area contributed by atoms with Gasteiger partial charge in [0.2, 0.25) is 0 Å². The average molecular weight is 347 g/mol. The number of nitrogens with zero attached hydrogens (tertiary/aromatic N) is 1. The molecule has 25 heavy (non-hydrogen) atoms. The number of anilines is 1.